The highest BCUT2D eigenvalue weighted by Crippen LogP contribution is 2.44. The molecule has 2 aliphatic heterocycles. The number of fused-ring (bicyclic) bond motifs is 1. The van der Waals surface area contributed by atoms with Crippen LogP contribution in [0, 0.1) is 0 Å². The number of amidine groups is 1. The van der Waals surface area contributed by atoms with Crippen LogP contribution in [0.25, 0.3) is 0 Å². The summed E-state index contributed by atoms with van der Waals surface area (Å²) in [5.41, 5.74) is 8.42. The van der Waals surface area contributed by atoms with Crippen LogP contribution in [0.15, 0.2) is 64.5 Å². The quantitative estimate of drug-likeness (QED) is 0.423. The SMILES string of the molecule is NC(CN1CCC(c2cccc3c2OC[C@@H](c2ccc(Cl)cc2)O3)CC1)=NCc1cnco1. The summed E-state index contributed by atoms with van der Waals surface area (Å²) in [6, 6.07) is 13.9. The number of aliphatic imine (C=N–C) groups is 1. The minimum atomic E-state index is -0.133. The van der Waals surface area contributed by atoms with E-state index in [1.54, 1.807) is 6.20 Å². The van der Waals surface area contributed by atoms with E-state index in [4.69, 9.17) is 31.2 Å². The Kier molecular flexibility index (Phi) is 6.51. The van der Waals surface area contributed by atoms with Gasteiger partial charge < -0.3 is 19.6 Å². The summed E-state index contributed by atoms with van der Waals surface area (Å²) in [5, 5.41) is 0.715. The third kappa shape index (κ3) is 5.15. The van der Waals surface area contributed by atoms with Crippen LogP contribution >= 0.6 is 11.6 Å². The zero-order chi connectivity index (χ0) is 22.6. The van der Waals surface area contributed by atoms with Crippen LogP contribution in [-0.2, 0) is 6.54 Å². The van der Waals surface area contributed by atoms with Crippen LogP contribution in [-0.4, -0.2) is 42.0 Å². The van der Waals surface area contributed by atoms with Crippen molar-refractivity contribution in [2.45, 2.75) is 31.4 Å². The van der Waals surface area contributed by atoms with Gasteiger partial charge >= 0.3 is 0 Å². The lowest BCUT2D eigenvalue weighted by Gasteiger charge is -2.34. The minimum absolute atomic E-state index is 0.133. The molecule has 33 heavy (non-hydrogen) atoms. The van der Waals surface area contributed by atoms with E-state index in [1.165, 1.54) is 12.0 Å². The average molecular weight is 467 g/mol. The van der Waals surface area contributed by atoms with Crippen molar-refractivity contribution in [1.82, 2.24) is 9.88 Å². The summed E-state index contributed by atoms with van der Waals surface area (Å²) in [7, 11) is 0. The van der Waals surface area contributed by atoms with Gasteiger partial charge in [-0.1, -0.05) is 35.9 Å². The van der Waals surface area contributed by atoms with Crippen LogP contribution in [0.3, 0.4) is 0 Å². The number of aromatic nitrogens is 1. The van der Waals surface area contributed by atoms with Gasteiger partial charge in [0.15, 0.2) is 24.0 Å². The highest BCUT2D eigenvalue weighted by molar-refractivity contribution is 6.30. The third-order valence-electron chi connectivity index (χ3n) is 6.23. The number of piperidine rings is 1. The first-order valence-corrected chi connectivity index (χ1v) is 11.6. The number of hydrogen-bond donors (Lipinski definition) is 1. The summed E-state index contributed by atoms with van der Waals surface area (Å²) in [4.78, 5) is 10.6. The Balaban J connectivity index is 1.19. The maximum Gasteiger partial charge on any atom is 0.180 e. The first-order chi connectivity index (χ1) is 16.2. The lowest BCUT2D eigenvalue weighted by Crippen LogP contribution is -2.39. The van der Waals surface area contributed by atoms with Crippen molar-refractivity contribution in [1.29, 1.82) is 0 Å². The Hall–Kier alpha value is -3.03. The molecule has 7 nitrogen and oxygen atoms in total. The molecule has 8 heteroatoms. The normalized spacial score (nSPS) is 19.5. The maximum atomic E-state index is 6.30. The molecule has 2 N–H and O–H groups in total. The van der Waals surface area contributed by atoms with Gasteiger partial charge in [-0.05, 0) is 55.6 Å². The summed E-state index contributed by atoms with van der Waals surface area (Å²) in [5.74, 6) is 3.46. The zero-order valence-corrected chi connectivity index (χ0v) is 19.1. The predicted molar refractivity (Wildman–Crippen MR) is 127 cm³/mol. The number of nitrogens with two attached hydrogens (primary N) is 1. The summed E-state index contributed by atoms with van der Waals surface area (Å²) >= 11 is 6.02. The standard InChI is InChI=1S/C25H27ClN4O3/c26-19-6-4-18(5-7-19)23-15-31-25-21(2-1-3-22(25)33-23)17-8-10-30(11-9-17)14-24(27)29-13-20-12-28-16-32-20/h1-7,12,16-17,23H,8-11,13-15H2,(H2,27,29)/t23-/m0/s1. The van der Waals surface area contributed by atoms with Crippen molar-refractivity contribution in [2.75, 3.05) is 26.2 Å². The third-order valence-corrected chi connectivity index (χ3v) is 6.49. The molecule has 0 bridgehead atoms. The van der Waals surface area contributed by atoms with E-state index in [9.17, 15) is 0 Å². The molecule has 172 valence electrons. The number of nitrogens with zero attached hydrogens (tertiary/aromatic N) is 3. The Bertz CT molecular complexity index is 1090. The molecular weight excluding hydrogens is 440 g/mol. The van der Waals surface area contributed by atoms with Crippen molar-refractivity contribution >= 4 is 17.4 Å². The number of benzene rings is 2. The van der Waals surface area contributed by atoms with E-state index in [0.29, 0.717) is 42.2 Å². The molecule has 2 aliphatic rings. The van der Waals surface area contributed by atoms with Gasteiger partial charge in [-0.2, -0.15) is 0 Å². The number of para-hydroxylation sites is 1. The lowest BCUT2D eigenvalue weighted by atomic mass is 9.88. The van der Waals surface area contributed by atoms with E-state index >= 15 is 0 Å². The fourth-order valence-corrected chi connectivity index (χ4v) is 4.60. The molecule has 1 fully saturated rings. The van der Waals surface area contributed by atoms with Gasteiger partial charge in [0.1, 0.15) is 24.7 Å². The predicted octanol–water partition coefficient (Wildman–Crippen LogP) is 4.58. The second-order valence-corrected chi connectivity index (χ2v) is 8.91. The van der Waals surface area contributed by atoms with Gasteiger partial charge in [-0.15, -0.1) is 0 Å². The van der Waals surface area contributed by atoms with Crippen molar-refractivity contribution in [3.05, 3.63) is 77.0 Å². The van der Waals surface area contributed by atoms with Crippen LogP contribution < -0.4 is 15.2 Å². The second-order valence-electron chi connectivity index (χ2n) is 8.47. The molecular formula is C25H27ClN4O3. The van der Waals surface area contributed by atoms with Crippen molar-refractivity contribution in [3.63, 3.8) is 0 Å². The fraction of sp³-hybridized carbons (Fsp3) is 0.360. The molecule has 2 aromatic carbocycles. The summed E-state index contributed by atoms with van der Waals surface area (Å²) in [6.45, 7) is 3.49. The highest BCUT2D eigenvalue weighted by Gasteiger charge is 2.29. The number of likely N-dealkylation sites (tertiary alicyclic amines) is 1. The fourth-order valence-electron chi connectivity index (χ4n) is 4.47. The molecule has 0 saturated carbocycles. The van der Waals surface area contributed by atoms with E-state index in [2.05, 4.69) is 27.0 Å². The highest BCUT2D eigenvalue weighted by atomic mass is 35.5. The van der Waals surface area contributed by atoms with Crippen LogP contribution in [0.1, 0.15) is 41.8 Å². The molecule has 0 radical (unpaired) electrons. The molecule has 1 saturated heterocycles. The number of hydrogen-bond acceptors (Lipinski definition) is 6. The van der Waals surface area contributed by atoms with E-state index in [0.717, 1.165) is 43.0 Å². The topological polar surface area (TPSA) is 86.1 Å². The molecule has 0 unspecified atom stereocenters. The van der Waals surface area contributed by atoms with Gasteiger partial charge in [0.2, 0.25) is 0 Å². The first-order valence-electron chi connectivity index (χ1n) is 11.2. The molecule has 0 spiro atoms. The average Bonchev–Trinajstić information content (AvgIpc) is 3.37. The van der Waals surface area contributed by atoms with Crippen LogP contribution in [0.2, 0.25) is 5.02 Å². The van der Waals surface area contributed by atoms with E-state index in [-0.39, 0.29) is 6.10 Å². The summed E-state index contributed by atoms with van der Waals surface area (Å²) < 4.78 is 17.7. The monoisotopic (exact) mass is 466 g/mol. The number of rotatable bonds is 6. The van der Waals surface area contributed by atoms with Gasteiger partial charge in [0.25, 0.3) is 0 Å². The molecule has 0 amide bonds. The largest absolute Gasteiger partial charge is 0.485 e. The van der Waals surface area contributed by atoms with Crippen molar-refractivity contribution in [3.8, 4) is 11.5 Å². The summed E-state index contributed by atoms with van der Waals surface area (Å²) in [6.07, 6.45) is 5.00. The van der Waals surface area contributed by atoms with Crippen molar-refractivity contribution < 1.29 is 13.9 Å². The molecule has 3 heterocycles. The molecule has 1 aromatic heterocycles. The molecule has 0 aliphatic carbocycles. The maximum absolute atomic E-state index is 6.30. The van der Waals surface area contributed by atoms with Crippen molar-refractivity contribution in [2.24, 2.45) is 10.7 Å². The smallest absolute Gasteiger partial charge is 0.180 e. The molecule has 3 aromatic rings. The van der Waals surface area contributed by atoms with Gasteiger partial charge in [0, 0.05) is 10.6 Å². The Morgan fingerprint density at radius 3 is 2.73 bits per heavy atom. The van der Waals surface area contributed by atoms with Gasteiger partial charge in [-0.3, -0.25) is 9.89 Å². The van der Waals surface area contributed by atoms with E-state index < -0.39 is 0 Å². The zero-order valence-electron chi connectivity index (χ0n) is 18.3. The number of oxazole rings is 1. The Morgan fingerprint density at radius 1 is 1.15 bits per heavy atom. The number of halogens is 1. The van der Waals surface area contributed by atoms with Gasteiger partial charge in [-0.25, -0.2) is 4.98 Å². The molecule has 5 rings (SSSR count). The van der Waals surface area contributed by atoms with E-state index in [1.807, 2.05) is 30.3 Å². The second kappa shape index (κ2) is 9.85. The minimum Gasteiger partial charge on any atom is -0.485 e. The Labute approximate surface area is 198 Å². The van der Waals surface area contributed by atoms with Gasteiger partial charge in [0.05, 0.1) is 12.7 Å². The lowest BCUT2D eigenvalue weighted by molar-refractivity contribution is 0.0890. The Morgan fingerprint density at radius 2 is 1.97 bits per heavy atom. The first kappa shape index (κ1) is 21.8. The van der Waals surface area contributed by atoms with Crippen LogP contribution in [0.4, 0.5) is 0 Å². The number of ether oxygens (including phenoxy) is 2. The molecule has 1 atom stereocenters. The van der Waals surface area contributed by atoms with Crippen LogP contribution in [0.5, 0.6) is 11.5 Å².